The topological polar surface area (TPSA) is 48.5 Å². The number of hydrogen-bond acceptors (Lipinski definition) is 3. The van der Waals surface area contributed by atoms with Gasteiger partial charge < -0.3 is 4.57 Å². The van der Waals surface area contributed by atoms with E-state index in [0.717, 1.165) is 38.6 Å². The van der Waals surface area contributed by atoms with Crippen LogP contribution in [0.15, 0.2) is 188 Å². The summed E-state index contributed by atoms with van der Waals surface area (Å²) in [6.07, 6.45) is 0. The molecule has 13 rings (SSSR count). The standard InChI is InChI=1S/C53H31N5/c1-4-14-32(15-5-1)36-20-10-22-38-37(36)21-11-25-41(38)52-54-51(34-16-6-2-7-17-34)55-53(56-52)58-43-27-13-24-40-39-23-12-26-42-47(39)49-44(57(42)35-18-8-3-9-19-35)30-28-33-29-31-45(58)50(46(33)49)48(40)43/h1-31H. The van der Waals surface area contributed by atoms with E-state index in [-0.39, 0.29) is 0 Å². The Balaban J connectivity index is 1.15. The van der Waals surface area contributed by atoms with Crippen LogP contribution in [0.2, 0.25) is 0 Å². The summed E-state index contributed by atoms with van der Waals surface area (Å²) in [5, 5.41) is 9.72. The highest BCUT2D eigenvalue weighted by atomic mass is 15.2. The van der Waals surface area contributed by atoms with Crippen molar-refractivity contribution in [3.05, 3.63) is 188 Å². The van der Waals surface area contributed by atoms with Gasteiger partial charge in [0.2, 0.25) is 5.95 Å². The summed E-state index contributed by atoms with van der Waals surface area (Å²) in [5.41, 5.74) is 12.4. The minimum absolute atomic E-state index is 0.588. The number of benzene rings is 9. The van der Waals surface area contributed by atoms with Gasteiger partial charge in [0.25, 0.3) is 0 Å². The molecule has 0 fully saturated rings. The number of aromatic nitrogens is 5. The van der Waals surface area contributed by atoms with Crippen LogP contribution in [0, 0.1) is 0 Å². The fourth-order valence-corrected chi connectivity index (χ4v) is 9.71. The largest absolute Gasteiger partial charge is 0.309 e. The van der Waals surface area contributed by atoms with E-state index in [1.54, 1.807) is 0 Å². The molecule has 0 unspecified atom stereocenters. The van der Waals surface area contributed by atoms with Crippen LogP contribution in [0.3, 0.4) is 0 Å². The average Bonchev–Trinajstić information content (AvgIpc) is 3.78. The quantitative estimate of drug-likeness (QED) is 0.177. The van der Waals surface area contributed by atoms with Gasteiger partial charge in [-0.15, -0.1) is 0 Å². The zero-order valence-electron chi connectivity index (χ0n) is 31.1. The number of para-hydroxylation sites is 1. The third-order valence-corrected chi connectivity index (χ3v) is 12.1. The van der Waals surface area contributed by atoms with Gasteiger partial charge in [-0.05, 0) is 74.8 Å². The van der Waals surface area contributed by atoms with Gasteiger partial charge in [0.05, 0.1) is 22.1 Å². The van der Waals surface area contributed by atoms with Gasteiger partial charge in [0.1, 0.15) is 0 Å². The van der Waals surface area contributed by atoms with Crippen molar-refractivity contribution in [2.45, 2.75) is 0 Å². The minimum atomic E-state index is 0.588. The summed E-state index contributed by atoms with van der Waals surface area (Å²) >= 11 is 0. The number of nitrogens with zero attached hydrogens (tertiary/aromatic N) is 5. The highest BCUT2D eigenvalue weighted by Crippen LogP contribution is 2.51. The van der Waals surface area contributed by atoms with Gasteiger partial charge in [-0.25, -0.2) is 4.98 Å². The smallest absolute Gasteiger partial charge is 0.238 e. The van der Waals surface area contributed by atoms with Crippen LogP contribution in [0.5, 0.6) is 0 Å². The maximum absolute atomic E-state index is 5.43. The fraction of sp³-hybridized carbons (Fsp3) is 0. The van der Waals surface area contributed by atoms with Crippen molar-refractivity contribution in [3.8, 4) is 56.7 Å². The van der Waals surface area contributed by atoms with E-state index in [1.807, 2.05) is 18.2 Å². The lowest BCUT2D eigenvalue weighted by Crippen LogP contribution is -2.06. The molecule has 9 aromatic carbocycles. The zero-order chi connectivity index (χ0) is 37.9. The van der Waals surface area contributed by atoms with Crippen molar-refractivity contribution in [2.75, 3.05) is 0 Å². The monoisotopic (exact) mass is 737 g/mol. The summed E-state index contributed by atoms with van der Waals surface area (Å²) in [6, 6.07) is 67.0. The summed E-state index contributed by atoms with van der Waals surface area (Å²) in [6.45, 7) is 0. The van der Waals surface area contributed by atoms with E-state index >= 15 is 0 Å². The van der Waals surface area contributed by atoms with Gasteiger partial charge in [-0.2, -0.15) is 9.97 Å². The van der Waals surface area contributed by atoms with Gasteiger partial charge in [0.15, 0.2) is 11.6 Å². The molecule has 12 aromatic rings. The van der Waals surface area contributed by atoms with Crippen LogP contribution < -0.4 is 0 Å². The third kappa shape index (κ3) is 4.27. The molecule has 0 N–H and O–H groups in total. The second-order valence-corrected chi connectivity index (χ2v) is 15.1. The van der Waals surface area contributed by atoms with Crippen molar-refractivity contribution < 1.29 is 0 Å². The van der Waals surface area contributed by atoms with Crippen LogP contribution in [-0.2, 0) is 0 Å². The van der Waals surface area contributed by atoms with Crippen LogP contribution >= 0.6 is 0 Å². The lowest BCUT2D eigenvalue weighted by molar-refractivity contribution is 0.954. The molecular formula is C53H31N5. The Morgan fingerprint density at radius 1 is 0.293 bits per heavy atom. The second-order valence-electron chi connectivity index (χ2n) is 15.1. The molecule has 5 heteroatoms. The molecule has 0 atom stereocenters. The van der Waals surface area contributed by atoms with Gasteiger partial charge >= 0.3 is 0 Å². The number of hydrogen-bond donors (Lipinski definition) is 0. The molecule has 3 aromatic heterocycles. The average molecular weight is 738 g/mol. The Bertz CT molecular complexity index is 3660. The number of fused-ring (bicyclic) bond motifs is 2. The second kappa shape index (κ2) is 11.8. The highest BCUT2D eigenvalue weighted by molar-refractivity contribution is 6.38. The summed E-state index contributed by atoms with van der Waals surface area (Å²) in [5.74, 6) is 1.85. The Labute approximate surface area is 332 Å². The molecule has 268 valence electrons. The molecule has 0 saturated carbocycles. The van der Waals surface area contributed by atoms with Crippen LogP contribution in [0.25, 0.3) is 122 Å². The van der Waals surface area contributed by atoms with Crippen molar-refractivity contribution in [1.29, 1.82) is 0 Å². The van der Waals surface area contributed by atoms with Crippen molar-refractivity contribution in [1.82, 2.24) is 24.1 Å². The van der Waals surface area contributed by atoms with Crippen molar-refractivity contribution >= 4 is 65.2 Å². The molecule has 0 aliphatic heterocycles. The van der Waals surface area contributed by atoms with Crippen molar-refractivity contribution in [2.24, 2.45) is 0 Å². The van der Waals surface area contributed by atoms with Gasteiger partial charge in [-0.1, -0.05) is 152 Å². The lowest BCUT2D eigenvalue weighted by Gasteiger charge is -2.14. The van der Waals surface area contributed by atoms with Crippen LogP contribution in [0.4, 0.5) is 0 Å². The molecule has 5 nitrogen and oxygen atoms in total. The maximum Gasteiger partial charge on any atom is 0.238 e. The SMILES string of the molecule is c1ccc(-c2nc(-c3cccc4c(-c5ccccc5)cccc34)nc(-n3c4cccc5c4c4c6c(ccc7c6c6c-5cccc6n7-c5ccccc5)ccc43)n2)cc1. The lowest BCUT2D eigenvalue weighted by atomic mass is 9.95. The van der Waals surface area contributed by atoms with E-state index < -0.39 is 0 Å². The van der Waals surface area contributed by atoms with Crippen LogP contribution in [0.1, 0.15) is 0 Å². The molecule has 1 aliphatic carbocycles. The first-order valence-corrected chi connectivity index (χ1v) is 19.7. The normalized spacial score (nSPS) is 12.1. The van der Waals surface area contributed by atoms with E-state index in [2.05, 4.69) is 179 Å². The van der Waals surface area contributed by atoms with E-state index in [0.29, 0.717) is 17.6 Å². The van der Waals surface area contributed by atoms with E-state index in [4.69, 9.17) is 15.0 Å². The third-order valence-electron chi connectivity index (χ3n) is 12.1. The van der Waals surface area contributed by atoms with Crippen molar-refractivity contribution in [3.63, 3.8) is 0 Å². The van der Waals surface area contributed by atoms with Crippen LogP contribution in [-0.4, -0.2) is 24.1 Å². The summed E-state index contributed by atoms with van der Waals surface area (Å²) in [7, 11) is 0. The summed E-state index contributed by atoms with van der Waals surface area (Å²) < 4.78 is 4.69. The molecule has 58 heavy (non-hydrogen) atoms. The molecule has 3 heterocycles. The maximum atomic E-state index is 5.43. The Kier molecular flexibility index (Phi) is 6.38. The first-order valence-electron chi connectivity index (χ1n) is 19.7. The molecular weight excluding hydrogens is 707 g/mol. The van der Waals surface area contributed by atoms with Gasteiger partial charge in [0, 0.05) is 43.7 Å². The predicted octanol–water partition coefficient (Wildman–Crippen LogP) is 13.4. The molecule has 0 amide bonds. The highest BCUT2D eigenvalue weighted by Gasteiger charge is 2.28. The number of rotatable bonds is 5. The zero-order valence-corrected chi connectivity index (χ0v) is 31.1. The molecule has 0 saturated heterocycles. The first-order chi connectivity index (χ1) is 28.8. The van der Waals surface area contributed by atoms with E-state index in [9.17, 15) is 0 Å². The Morgan fingerprint density at radius 3 is 1.47 bits per heavy atom. The minimum Gasteiger partial charge on any atom is -0.309 e. The Morgan fingerprint density at radius 2 is 0.793 bits per heavy atom. The Hall–Kier alpha value is -7.89. The predicted molar refractivity (Wildman–Crippen MR) is 239 cm³/mol. The van der Waals surface area contributed by atoms with E-state index in [1.165, 1.54) is 65.6 Å². The first kappa shape index (κ1) is 31.3. The molecule has 0 bridgehead atoms. The molecule has 1 aliphatic rings. The van der Waals surface area contributed by atoms with Gasteiger partial charge in [-0.3, -0.25) is 4.57 Å². The molecule has 0 radical (unpaired) electrons. The summed E-state index contributed by atoms with van der Waals surface area (Å²) in [4.78, 5) is 16.0. The molecule has 0 spiro atoms. The fourth-order valence-electron chi connectivity index (χ4n) is 9.71.